The Morgan fingerprint density at radius 3 is 2.56 bits per heavy atom. The lowest BCUT2D eigenvalue weighted by Gasteiger charge is -2.39. The lowest BCUT2D eigenvalue weighted by molar-refractivity contribution is 0.125. The molecule has 5 rings (SSSR count). The summed E-state index contributed by atoms with van der Waals surface area (Å²) in [6.07, 6.45) is 6.25. The molecule has 1 N–H and O–H groups in total. The van der Waals surface area contributed by atoms with Gasteiger partial charge in [-0.3, -0.25) is 4.90 Å². The van der Waals surface area contributed by atoms with Crippen LogP contribution in [0.15, 0.2) is 42.5 Å². The Bertz CT molecular complexity index is 1200. The Morgan fingerprint density at radius 1 is 1.16 bits per heavy atom. The largest absolute Gasteiger partial charge is 0.431 e. The molecule has 0 spiro atoms. The second-order valence-electron chi connectivity index (χ2n) is 8.77. The predicted molar refractivity (Wildman–Crippen MR) is 124 cm³/mol. The number of halogens is 1. The molecule has 3 heterocycles. The highest BCUT2D eigenvalue weighted by Crippen LogP contribution is 2.36. The average molecular weight is 476 g/mol. The first-order valence-electron chi connectivity index (χ1n) is 10.9. The average Bonchev–Trinajstić information content (AvgIpc) is 3.22. The fourth-order valence-corrected chi connectivity index (χ4v) is 6.70. The molecule has 2 aliphatic rings. The van der Waals surface area contributed by atoms with Crippen molar-refractivity contribution in [1.29, 1.82) is 0 Å². The van der Waals surface area contributed by atoms with Crippen molar-refractivity contribution in [3.63, 3.8) is 0 Å². The molecule has 1 aromatic heterocycles. The van der Waals surface area contributed by atoms with Crippen LogP contribution in [0.2, 0.25) is 0 Å². The number of fused-ring (bicyclic) bond motifs is 3. The quantitative estimate of drug-likeness (QED) is 0.551. The molecular formula is C23H26FN3O3S2. The number of thiazole rings is 1. The van der Waals surface area contributed by atoms with E-state index in [-0.39, 0.29) is 11.9 Å². The molecule has 0 aliphatic carbocycles. The van der Waals surface area contributed by atoms with Crippen molar-refractivity contribution in [3.8, 4) is 10.9 Å². The van der Waals surface area contributed by atoms with Crippen LogP contribution < -0.4 is 9.46 Å². The number of hydrogen-bond acceptors (Lipinski definition) is 6. The summed E-state index contributed by atoms with van der Waals surface area (Å²) in [6.45, 7) is 0.977. The first-order valence-corrected chi connectivity index (χ1v) is 13.6. The van der Waals surface area contributed by atoms with Crippen LogP contribution in [0.4, 0.5) is 4.39 Å². The van der Waals surface area contributed by atoms with Gasteiger partial charge in [0.05, 0.1) is 16.5 Å². The third-order valence-electron chi connectivity index (χ3n) is 6.38. The summed E-state index contributed by atoms with van der Waals surface area (Å²) in [5.41, 5.74) is 1.97. The SMILES string of the molecule is CS(=O)(=O)N[C@H]1C[C@H]2CC[C@@H](C1)N2CCc1ccc(Oc2nc3ccc(F)cc3s2)cc1. The van der Waals surface area contributed by atoms with Gasteiger partial charge in [-0.1, -0.05) is 23.5 Å². The zero-order valence-electron chi connectivity index (χ0n) is 17.8. The molecule has 0 radical (unpaired) electrons. The maximum absolute atomic E-state index is 13.4. The second-order valence-corrected chi connectivity index (χ2v) is 11.5. The van der Waals surface area contributed by atoms with Crippen LogP contribution in [-0.4, -0.2) is 49.2 Å². The topological polar surface area (TPSA) is 71.5 Å². The number of hydrogen-bond donors (Lipinski definition) is 1. The molecule has 3 atom stereocenters. The molecule has 2 aliphatic heterocycles. The molecule has 9 heteroatoms. The fraction of sp³-hybridized carbons (Fsp3) is 0.435. The van der Waals surface area contributed by atoms with Gasteiger partial charge in [0.1, 0.15) is 11.6 Å². The summed E-state index contributed by atoms with van der Waals surface area (Å²) in [4.78, 5) is 6.96. The zero-order valence-corrected chi connectivity index (χ0v) is 19.5. The molecule has 0 unspecified atom stereocenters. The Hall–Kier alpha value is -2.07. The van der Waals surface area contributed by atoms with E-state index >= 15 is 0 Å². The minimum atomic E-state index is -3.15. The highest BCUT2D eigenvalue weighted by molar-refractivity contribution is 7.88. The first kappa shape index (κ1) is 21.8. The molecule has 170 valence electrons. The van der Waals surface area contributed by atoms with E-state index in [1.54, 1.807) is 6.07 Å². The predicted octanol–water partition coefficient (Wildman–Crippen LogP) is 4.31. The molecule has 2 saturated heterocycles. The number of piperidine rings is 1. The number of benzene rings is 2. The third-order valence-corrected chi connectivity index (χ3v) is 8.04. The Kier molecular flexibility index (Phi) is 5.92. The maximum Gasteiger partial charge on any atom is 0.279 e. The molecule has 0 amide bonds. The van der Waals surface area contributed by atoms with E-state index in [1.807, 2.05) is 12.1 Å². The normalized spacial score (nSPS) is 23.6. The minimum absolute atomic E-state index is 0.0641. The van der Waals surface area contributed by atoms with Crippen LogP contribution in [-0.2, 0) is 16.4 Å². The van der Waals surface area contributed by atoms with Gasteiger partial charge >= 0.3 is 0 Å². The summed E-state index contributed by atoms with van der Waals surface area (Å²) >= 11 is 1.33. The van der Waals surface area contributed by atoms with Gasteiger partial charge in [-0.05, 0) is 68.0 Å². The summed E-state index contributed by atoms with van der Waals surface area (Å²) in [5, 5.41) is 0.500. The highest BCUT2D eigenvalue weighted by Gasteiger charge is 2.40. The van der Waals surface area contributed by atoms with Crippen molar-refractivity contribution in [2.75, 3.05) is 12.8 Å². The Labute approximate surface area is 191 Å². The Morgan fingerprint density at radius 2 is 1.88 bits per heavy atom. The molecule has 6 nitrogen and oxygen atoms in total. The van der Waals surface area contributed by atoms with Gasteiger partial charge in [-0.25, -0.2) is 22.5 Å². The number of rotatable bonds is 7. The van der Waals surface area contributed by atoms with Gasteiger partial charge < -0.3 is 4.74 Å². The molecular weight excluding hydrogens is 449 g/mol. The van der Waals surface area contributed by atoms with E-state index in [1.165, 1.54) is 35.3 Å². The van der Waals surface area contributed by atoms with Crippen LogP contribution in [0.3, 0.4) is 0 Å². The molecule has 0 saturated carbocycles. The first-order chi connectivity index (χ1) is 15.3. The van der Waals surface area contributed by atoms with Gasteiger partial charge in [0.15, 0.2) is 0 Å². The molecule has 2 bridgehead atoms. The second kappa shape index (κ2) is 8.70. The zero-order chi connectivity index (χ0) is 22.3. The standard InChI is InChI=1S/C23H26FN3O3S2/c1-32(28,29)26-17-13-18-5-6-19(14-17)27(18)11-10-15-2-7-20(8-3-15)30-23-25-21-9-4-16(24)12-22(21)31-23/h2-4,7-9,12,17-19,26H,5-6,10-11,13-14H2,1H3/t17-,18+,19-. The monoisotopic (exact) mass is 475 g/mol. The lowest BCUT2D eigenvalue weighted by Crippen LogP contribution is -2.50. The fourth-order valence-electron chi connectivity index (χ4n) is 5.04. The summed E-state index contributed by atoms with van der Waals surface area (Å²) in [6, 6.07) is 13.5. The highest BCUT2D eigenvalue weighted by atomic mass is 32.2. The van der Waals surface area contributed by atoms with Crippen LogP contribution in [0.1, 0.15) is 31.2 Å². The number of nitrogens with one attached hydrogen (secondary N) is 1. The van der Waals surface area contributed by atoms with Crippen molar-refractivity contribution < 1.29 is 17.5 Å². The summed E-state index contributed by atoms with van der Waals surface area (Å²) in [5.74, 6) is 0.433. The Balaban J connectivity index is 1.17. The van der Waals surface area contributed by atoms with E-state index in [4.69, 9.17) is 4.74 Å². The molecule has 32 heavy (non-hydrogen) atoms. The third kappa shape index (κ3) is 4.96. The molecule has 3 aromatic rings. The smallest absolute Gasteiger partial charge is 0.279 e. The van der Waals surface area contributed by atoms with Crippen LogP contribution in [0.5, 0.6) is 10.9 Å². The minimum Gasteiger partial charge on any atom is -0.431 e. The molecule has 2 aromatic carbocycles. The number of sulfonamides is 1. The summed E-state index contributed by atoms with van der Waals surface area (Å²) < 4.78 is 45.9. The van der Waals surface area contributed by atoms with Gasteiger partial charge in [-0.2, -0.15) is 0 Å². The van der Waals surface area contributed by atoms with E-state index in [2.05, 4.69) is 26.7 Å². The van der Waals surface area contributed by atoms with E-state index in [9.17, 15) is 12.8 Å². The van der Waals surface area contributed by atoms with Gasteiger partial charge in [0.25, 0.3) is 5.19 Å². The van der Waals surface area contributed by atoms with Crippen molar-refractivity contribution in [2.45, 2.75) is 50.2 Å². The number of nitrogens with zero attached hydrogens (tertiary/aromatic N) is 2. The van der Waals surface area contributed by atoms with E-state index in [0.29, 0.717) is 23.0 Å². The van der Waals surface area contributed by atoms with Gasteiger partial charge in [0.2, 0.25) is 10.0 Å². The van der Waals surface area contributed by atoms with Crippen molar-refractivity contribution in [1.82, 2.24) is 14.6 Å². The summed E-state index contributed by atoms with van der Waals surface area (Å²) in [7, 11) is -3.15. The van der Waals surface area contributed by atoms with Crippen LogP contribution in [0, 0.1) is 5.82 Å². The van der Waals surface area contributed by atoms with Crippen molar-refractivity contribution in [3.05, 3.63) is 53.8 Å². The van der Waals surface area contributed by atoms with E-state index < -0.39 is 10.0 Å². The van der Waals surface area contributed by atoms with Gasteiger partial charge in [0, 0.05) is 24.7 Å². The maximum atomic E-state index is 13.4. The van der Waals surface area contributed by atoms with Crippen LogP contribution in [0.25, 0.3) is 10.2 Å². The van der Waals surface area contributed by atoms with E-state index in [0.717, 1.165) is 48.9 Å². The number of ether oxygens (including phenoxy) is 1. The molecule has 2 fully saturated rings. The van der Waals surface area contributed by atoms with Crippen molar-refractivity contribution >= 4 is 31.6 Å². The van der Waals surface area contributed by atoms with Crippen LogP contribution >= 0.6 is 11.3 Å². The van der Waals surface area contributed by atoms with Crippen molar-refractivity contribution in [2.24, 2.45) is 0 Å². The lowest BCUT2D eigenvalue weighted by atomic mass is 9.97. The van der Waals surface area contributed by atoms with Gasteiger partial charge in [-0.15, -0.1) is 0 Å². The number of aromatic nitrogens is 1.